The van der Waals surface area contributed by atoms with Crippen molar-refractivity contribution in [3.05, 3.63) is 23.9 Å². The van der Waals surface area contributed by atoms with Gasteiger partial charge in [0.2, 0.25) is 0 Å². The van der Waals surface area contributed by atoms with Crippen LogP contribution in [-0.2, 0) is 11.3 Å². The average Bonchev–Trinajstić information content (AvgIpc) is 2.18. The Hall–Kier alpha value is -1.13. The third-order valence-electron chi connectivity index (χ3n) is 1.69. The minimum absolute atomic E-state index is 0.559. The van der Waals surface area contributed by atoms with Gasteiger partial charge in [0.25, 0.3) is 0 Å². The quantitative estimate of drug-likeness (QED) is 0.552. The van der Waals surface area contributed by atoms with Gasteiger partial charge in [-0.15, -0.1) is 0 Å². The Labute approximate surface area is 84.4 Å². The Balaban J connectivity index is 2.42. The first-order valence-electron chi connectivity index (χ1n) is 4.71. The van der Waals surface area contributed by atoms with E-state index in [9.17, 15) is 0 Å². The van der Waals surface area contributed by atoms with Gasteiger partial charge in [-0.3, -0.25) is 0 Å². The molecule has 0 amide bonds. The SMILES string of the molecule is CC(C)COCc1ccnc(NN)c1. The zero-order chi connectivity index (χ0) is 10.4. The van der Waals surface area contributed by atoms with E-state index in [-0.39, 0.29) is 0 Å². The predicted octanol–water partition coefficient (Wildman–Crippen LogP) is 1.54. The average molecular weight is 195 g/mol. The number of aromatic nitrogens is 1. The number of nitrogens with zero attached hydrogens (tertiary/aromatic N) is 1. The van der Waals surface area contributed by atoms with Gasteiger partial charge in [0.05, 0.1) is 6.61 Å². The molecule has 1 heterocycles. The summed E-state index contributed by atoms with van der Waals surface area (Å²) in [7, 11) is 0. The van der Waals surface area contributed by atoms with E-state index in [1.807, 2.05) is 12.1 Å². The fourth-order valence-corrected chi connectivity index (χ4v) is 1.06. The minimum Gasteiger partial charge on any atom is -0.377 e. The molecule has 1 aromatic heterocycles. The van der Waals surface area contributed by atoms with Crippen molar-refractivity contribution in [2.75, 3.05) is 12.0 Å². The van der Waals surface area contributed by atoms with Crippen molar-refractivity contribution >= 4 is 5.82 Å². The van der Waals surface area contributed by atoms with Gasteiger partial charge in [0.1, 0.15) is 5.82 Å². The van der Waals surface area contributed by atoms with Crippen molar-refractivity contribution in [1.29, 1.82) is 0 Å². The standard InChI is InChI=1S/C10H17N3O/c1-8(2)6-14-7-9-3-4-12-10(5-9)13-11/h3-5,8H,6-7,11H2,1-2H3,(H,12,13). The molecule has 3 N–H and O–H groups in total. The number of hydrogen-bond donors (Lipinski definition) is 2. The van der Waals surface area contributed by atoms with Gasteiger partial charge in [-0.25, -0.2) is 10.8 Å². The third kappa shape index (κ3) is 3.72. The van der Waals surface area contributed by atoms with Gasteiger partial charge >= 0.3 is 0 Å². The van der Waals surface area contributed by atoms with E-state index in [0.29, 0.717) is 18.3 Å². The summed E-state index contributed by atoms with van der Waals surface area (Å²) in [4.78, 5) is 4.01. The van der Waals surface area contributed by atoms with Gasteiger partial charge < -0.3 is 10.2 Å². The topological polar surface area (TPSA) is 60.2 Å². The number of pyridine rings is 1. The summed E-state index contributed by atoms with van der Waals surface area (Å²) in [5, 5.41) is 0. The van der Waals surface area contributed by atoms with Crippen molar-refractivity contribution in [1.82, 2.24) is 4.98 Å². The Kier molecular flexibility index (Phi) is 4.35. The van der Waals surface area contributed by atoms with Crippen LogP contribution in [-0.4, -0.2) is 11.6 Å². The number of hydrazine groups is 1. The summed E-state index contributed by atoms with van der Waals surface area (Å²) in [5.41, 5.74) is 3.58. The van der Waals surface area contributed by atoms with E-state index in [1.54, 1.807) is 6.20 Å². The number of hydrogen-bond acceptors (Lipinski definition) is 4. The lowest BCUT2D eigenvalue weighted by molar-refractivity contribution is 0.0971. The summed E-state index contributed by atoms with van der Waals surface area (Å²) in [6, 6.07) is 3.79. The molecule has 0 aliphatic rings. The molecule has 0 radical (unpaired) electrons. The molecule has 0 unspecified atom stereocenters. The van der Waals surface area contributed by atoms with E-state index in [0.717, 1.165) is 12.2 Å². The molecule has 0 fully saturated rings. The summed E-state index contributed by atoms with van der Waals surface area (Å²) >= 11 is 0. The molecular weight excluding hydrogens is 178 g/mol. The monoisotopic (exact) mass is 195 g/mol. The Bertz CT molecular complexity index is 276. The Morgan fingerprint density at radius 1 is 1.57 bits per heavy atom. The van der Waals surface area contributed by atoms with Crippen LogP contribution < -0.4 is 11.3 Å². The molecule has 1 rings (SSSR count). The second-order valence-corrected chi connectivity index (χ2v) is 3.60. The van der Waals surface area contributed by atoms with Gasteiger partial charge in [-0.2, -0.15) is 0 Å². The fraction of sp³-hybridized carbons (Fsp3) is 0.500. The Morgan fingerprint density at radius 3 is 3.00 bits per heavy atom. The van der Waals surface area contributed by atoms with Crippen LogP contribution in [0.4, 0.5) is 5.82 Å². The maximum absolute atomic E-state index is 5.48. The maximum atomic E-state index is 5.48. The summed E-state index contributed by atoms with van der Waals surface area (Å²) in [6.07, 6.45) is 1.71. The molecule has 14 heavy (non-hydrogen) atoms. The first-order valence-corrected chi connectivity index (χ1v) is 4.71. The molecule has 1 aromatic rings. The van der Waals surface area contributed by atoms with Crippen LogP contribution in [0.2, 0.25) is 0 Å². The normalized spacial score (nSPS) is 10.6. The first-order chi connectivity index (χ1) is 6.72. The highest BCUT2D eigenvalue weighted by Gasteiger charge is 1.97. The van der Waals surface area contributed by atoms with E-state index in [4.69, 9.17) is 10.6 Å². The number of rotatable bonds is 5. The van der Waals surface area contributed by atoms with E-state index >= 15 is 0 Å². The van der Waals surface area contributed by atoms with Crippen molar-refractivity contribution < 1.29 is 4.74 Å². The Morgan fingerprint density at radius 2 is 2.36 bits per heavy atom. The van der Waals surface area contributed by atoms with E-state index in [2.05, 4.69) is 24.3 Å². The summed E-state index contributed by atoms with van der Waals surface area (Å²) in [6.45, 7) is 5.63. The third-order valence-corrected chi connectivity index (χ3v) is 1.69. The smallest absolute Gasteiger partial charge is 0.140 e. The molecule has 0 aromatic carbocycles. The summed E-state index contributed by atoms with van der Waals surface area (Å²) < 4.78 is 5.48. The zero-order valence-electron chi connectivity index (χ0n) is 8.66. The molecule has 4 heteroatoms. The van der Waals surface area contributed by atoms with Crippen molar-refractivity contribution in [2.45, 2.75) is 20.5 Å². The second kappa shape index (κ2) is 5.57. The number of ether oxygens (including phenoxy) is 1. The van der Waals surface area contributed by atoms with Crippen LogP contribution in [0.3, 0.4) is 0 Å². The molecule has 0 bridgehead atoms. The second-order valence-electron chi connectivity index (χ2n) is 3.60. The fourth-order valence-electron chi connectivity index (χ4n) is 1.06. The van der Waals surface area contributed by atoms with Crippen molar-refractivity contribution in [3.63, 3.8) is 0 Å². The van der Waals surface area contributed by atoms with Crippen LogP contribution in [0.25, 0.3) is 0 Å². The molecule has 0 saturated heterocycles. The number of nitrogens with one attached hydrogen (secondary N) is 1. The molecule has 0 saturated carbocycles. The van der Waals surface area contributed by atoms with Gasteiger partial charge in [0.15, 0.2) is 0 Å². The number of nitrogens with two attached hydrogens (primary N) is 1. The molecule has 78 valence electrons. The molecule has 0 aliphatic carbocycles. The molecular formula is C10H17N3O. The lowest BCUT2D eigenvalue weighted by Crippen LogP contribution is -2.09. The van der Waals surface area contributed by atoms with Gasteiger partial charge in [-0.1, -0.05) is 13.8 Å². The van der Waals surface area contributed by atoms with E-state index in [1.165, 1.54) is 0 Å². The van der Waals surface area contributed by atoms with Crippen LogP contribution in [0.15, 0.2) is 18.3 Å². The largest absolute Gasteiger partial charge is 0.377 e. The van der Waals surface area contributed by atoms with Gasteiger partial charge in [-0.05, 0) is 23.6 Å². The minimum atomic E-state index is 0.559. The van der Waals surface area contributed by atoms with Crippen molar-refractivity contribution in [3.8, 4) is 0 Å². The lowest BCUT2D eigenvalue weighted by Gasteiger charge is -2.07. The van der Waals surface area contributed by atoms with Crippen LogP contribution >= 0.6 is 0 Å². The molecule has 0 aliphatic heterocycles. The maximum Gasteiger partial charge on any atom is 0.140 e. The van der Waals surface area contributed by atoms with Crippen LogP contribution in [0, 0.1) is 5.92 Å². The first kappa shape index (κ1) is 10.9. The highest BCUT2D eigenvalue weighted by atomic mass is 16.5. The molecule has 4 nitrogen and oxygen atoms in total. The highest BCUT2D eigenvalue weighted by molar-refractivity contribution is 5.35. The predicted molar refractivity (Wildman–Crippen MR) is 56.5 cm³/mol. The van der Waals surface area contributed by atoms with Crippen molar-refractivity contribution in [2.24, 2.45) is 11.8 Å². The summed E-state index contributed by atoms with van der Waals surface area (Å²) in [5.74, 6) is 6.46. The number of nitrogen functional groups attached to an aromatic ring is 1. The highest BCUT2D eigenvalue weighted by Crippen LogP contribution is 2.07. The lowest BCUT2D eigenvalue weighted by atomic mass is 10.2. The van der Waals surface area contributed by atoms with E-state index < -0.39 is 0 Å². The van der Waals surface area contributed by atoms with Crippen LogP contribution in [0.5, 0.6) is 0 Å². The molecule has 0 spiro atoms. The van der Waals surface area contributed by atoms with Gasteiger partial charge in [0, 0.05) is 12.8 Å². The zero-order valence-corrected chi connectivity index (χ0v) is 8.66. The van der Waals surface area contributed by atoms with Crippen LogP contribution in [0.1, 0.15) is 19.4 Å². The number of anilines is 1. The molecule has 0 atom stereocenters.